The van der Waals surface area contributed by atoms with Gasteiger partial charge in [0.1, 0.15) is 5.65 Å². The van der Waals surface area contributed by atoms with E-state index in [1.165, 1.54) is 12.1 Å². The summed E-state index contributed by atoms with van der Waals surface area (Å²) in [7, 11) is 1.64. The zero-order valence-corrected chi connectivity index (χ0v) is 16.7. The van der Waals surface area contributed by atoms with Crippen molar-refractivity contribution in [1.82, 2.24) is 29.2 Å². The Morgan fingerprint density at radius 2 is 2.27 bits per heavy atom. The quantitative estimate of drug-likeness (QED) is 0.587. The number of carbonyl (C=O) groups is 1. The number of fused-ring (bicyclic) bond motifs is 1. The van der Waals surface area contributed by atoms with Crippen LogP contribution < -0.4 is 10.9 Å². The lowest BCUT2D eigenvalue weighted by Gasteiger charge is -2.18. The molecule has 0 saturated carbocycles. The minimum atomic E-state index is -0.155. The Balaban J connectivity index is 1.63. The van der Waals surface area contributed by atoms with Crippen molar-refractivity contribution in [2.45, 2.75) is 19.0 Å². The highest BCUT2D eigenvalue weighted by atomic mass is 16.5. The molecule has 156 valence electrons. The summed E-state index contributed by atoms with van der Waals surface area (Å²) in [4.78, 5) is 35.2. The molecule has 1 amide bonds. The molecule has 0 unspecified atom stereocenters. The van der Waals surface area contributed by atoms with Crippen LogP contribution in [0.25, 0.3) is 11.0 Å². The molecule has 1 atom stereocenters. The Kier molecular flexibility index (Phi) is 5.57. The van der Waals surface area contributed by atoms with Gasteiger partial charge in [0, 0.05) is 44.0 Å². The summed E-state index contributed by atoms with van der Waals surface area (Å²) < 4.78 is 8.47. The number of nitrogens with one attached hydrogen (secondary N) is 1. The first kappa shape index (κ1) is 19.8. The molecule has 4 heterocycles. The number of aromatic nitrogens is 5. The summed E-state index contributed by atoms with van der Waals surface area (Å²) in [6.07, 6.45) is 7.16. The van der Waals surface area contributed by atoms with E-state index in [1.54, 1.807) is 39.7 Å². The van der Waals surface area contributed by atoms with E-state index in [0.29, 0.717) is 44.3 Å². The number of carbonyl (C=O) groups excluding carboxylic acids is 1. The summed E-state index contributed by atoms with van der Waals surface area (Å²) in [6, 6.07) is 3.07. The van der Waals surface area contributed by atoms with Crippen molar-refractivity contribution in [2.75, 3.05) is 32.1 Å². The van der Waals surface area contributed by atoms with Crippen LogP contribution in [0.5, 0.6) is 0 Å². The van der Waals surface area contributed by atoms with Crippen molar-refractivity contribution in [3.8, 4) is 0 Å². The van der Waals surface area contributed by atoms with Gasteiger partial charge in [0.25, 0.3) is 5.56 Å². The summed E-state index contributed by atoms with van der Waals surface area (Å²) >= 11 is 0. The summed E-state index contributed by atoms with van der Waals surface area (Å²) in [5, 5.41) is 8.14. The third kappa shape index (κ3) is 3.94. The van der Waals surface area contributed by atoms with E-state index in [-0.39, 0.29) is 17.5 Å². The van der Waals surface area contributed by atoms with Crippen LogP contribution in [-0.2, 0) is 16.1 Å². The fourth-order valence-electron chi connectivity index (χ4n) is 3.60. The second-order valence-electron chi connectivity index (χ2n) is 7.05. The van der Waals surface area contributed by atoms with Crippen molar-refractivity contribution in [3.63, 3.8) is 0 Å². The van der Waals surface area contributed by atoms with Crippen LogP contribution in [0.15, 0.2) is 48.2 Å². The van der Waals surface area contributed by atoms with Crippen LogP contribution in [0.1, 0.15) is 12.5 Å². The number of pyridine rings is 1. The largest absolute Gasteiger partial charge is 0.383 e. The monoisotopic (exact) mass is 409 g/mol. The highest BCUT2D eigenvalue weighted by Crippen LogP contribution is 2.24. The van der Waals surface area contributed by atoms with Gasteiger partial charge in [-0.25, -0.2) is 4.98 Å². The average Bonchev–Trinajstić information content (AvgIpc) is 3.41. The van der Waals surface area contributed by atoms with Crippen LogP contribution in [0, 0.1) is 0 Å². The van der Waals surface area contributed by atoms with Crippen molar-refractivity contribution >= 4 is 28.6 Å². The minimum absolute atomic E-state index is 0.131. The molecule has 0 radical (unpaired) electrons. The Bertz CT molecular complexity index is 1140. The molecule has 0 aromatic carbocycles. The maximum absolute atomic E-state index is 12.7. The van der Waals surface area contributed by atoms with Gasteiger partial charge in [-0.1, -0.05) is 6.58 Å². The number of hydrogen-bond acceptors (Lipinski definition) is 7. The number of nitrogens with zero attached hydrogens (tertiary/aromatic N) is 6. The van der Waals surface area contributed by atoms with E-state index in [1.807, 2.05) is 6.20 Å². The van der Waals surface area contributed by atoms with E-state index in [4.69, 9.17) is 4.74 Å². The fraction of sp³-hybridized carbons (Fsp3) is 0.350. The lowest BCUT2D eigenvalue weighted by molar-refractivity contribution is -0.125. The van der Waals surface area contributed by atoms with E-state index in [2.05, 4.69) is 27.0 Å². The number of amides is 1. The maximum atomic E-state index is 12.7. The van der Waals surface area contributed by atoms with Crippen LogP contribution in [-0.4, -0.2) is 61.9 Å². The Morgan fingerprint density at radius 3 is 3.07 bits per heavy atom. The van der Waals surface area contributed by atoms with Crippen molar-refractivity contribution < 1.29 is 9.53 Å². The van der Waals surface area contributed by atoms with Crippen LogP contribution in [0.2, 0.25) is 0 Å². The molecule has 0 bridgehead atoms. The van der Waals surface area contributed by atoms with Gasteiger partial charge >= 0.3 is 0 Å². The second-order valence-corrected chi connectivity index (χ2v) is 7.05. The molecule has 1 saturated heterocycles. The average molecular weight is 409 g/mol. The molecule has 1 aliphatic rings. The first-order valence-corrected chi connectivity index (χ1v) is 9.67. The molecule has 4 rings (SSSR count). The van der Waals surface area contributed by atoms with Gasteiger partial charge in [-0.2, -0.15) is 10.1 Å². The van der Waals surface area contributed by atoms with Gasteiger partial charge in [0.2, 0.25) is 11.9 Å². The number of ether oxygens (including phenoxy) is 1. The number of anilines is 2. The van der Waals surface area contributed by atoms with E-state index in [0.717, 1.165) is 11.1 Å². The molecule has 10 heteroatoms. The normalized spacial score (nSPS) is 16.2. The maximum Gasteiger partial charge on any atom is 0.252 e. The standard InChI is InChI=1S/C20H23N7O3/c1-3-17(28)25-7-6-16(13-25)27-18(29)5-4-14-10-21-20(24-19(14)27)23-15-11-22-26(12-15)8-9-30-2/h3-5,10-12,16H,1,6-9,13H2,2H3,(H,21,23,24)/t16-/m1/s1. The summed E-state index contributed by atoms with van der Waals surface area (Å²) in [5.74, 6) is 0.235. The predicted molar refractivity (Wildman–Crippen MR) is 112 cm³/mol. The molecule has 10 nitrogen and oxygen atoms in total. The topological polar surface area (TPSA) is 107 Å². The molecule has 30 heavy (non-hydrogen) atoms. The zero-order chi connectivity index (χ0) is 21.1. The summed E-state index contributed by atoms with van der Waals surface area (Å²) in [6.45, 7) is 5.76. The lowest BCUT2D eigenvalue weighted by Crippen LogP contribution is -2.30. The lowest BCUT2D eigenvalue weighted by atomic mass is 10.2. The van der Waals surface area contributed by atoms with E-state index >= 15 is 0 Å². The first-order chi connectivity index (χ1) is 14.6. The van der Waals surface area contributed by atoms with E-state index in [9.17, 15) is 9.59 Å². The third-order valence-electron chi connectivity index (χ3n) is 5.10. The SMILES string of the molecule is C=CC(=O)N1CC[C@@H](n2c(=O)ccc3cnc(Nc4cnn(CCOC)c4)nc32)C1. The zero-order valence-electron chi connectivity index (χ0n) is 16.7. The van der Waals surface area contributed by atoms with Crippen LogP contribution >= 0.6 is 0 Å². The molecule has 1 aliphatic heterocycles. The molecule has 1 fully saturated rings. The van der Waals surface area contributed by atoms with Crippen LogP contribution in [0.4, 0.5) is 11.6 Å². The molecule has 0 aliphatic carbocycles. The Labute approximate surface area is 172 Å². The predicted octanol–water partition coefficient (Wildman–Crippen LogP) is 1.34. The smallest absolute Gasteiger partial charge is 0.252 e. The Morgan fingerprint density at radius 1 is 1.40 bits per heavy atom. The first-order valence-electron chi connectivity index (χ1n) is 9.67. The number of hydrogen-bond donors (Lipinski definition) is 1. The minimum Gasteiger partial charge on any atom is -0.383 e. The molecule has 0 spiro atoms. The van der Waals surface area contributed by atoms with Gasteiger partial charge in [-0.15, -0.1) is 0 Å². The third-order valence-corrected chi connectivity index (χ3v) is 5.10. The van der Waals surface area contributed by atoms with Gasteiger partial charge in [0.05, 0.1) is 31.1 Å². The Hall–Kier alpha value is -3.53. The molecule has 1 N–H and O–H groups in total. The number of likely N-dealkylation sites (tertiary alicyclic amines) is 1. The second kappa shape index (κ2) is 8.46. The van der Waals surface area contributed by atoms with E-state index < -0.39 is 0 Å². The van der Waals surface area contributed by atoms with Gasteiger partial charge in [-0.05, 0) is 18.6 Å². The summed E-state index contributed by atoms with van der Waals surface area (Å²) in [5.41, 5.74) is 1.11. The fourth-order valence-corrected chi connectivity index (χ4v) is 3.60. The highest BCUT2D eigenvalue weighted by Gasteiger charge is 2.28. The molecular weight excluding hydrogens is 386 g/mol. The van der Waals surface area contributed by atoms with Crippen LogP contribution in [0.3, 0.4) is 0 Å². The van der Waals surface area contributed by atoms with Crippen molar-refractivity contribution in [1.29, 1.82) is 0 Å². The number of rotatable bonds is 7. The van der Waals surface area contributed by atoms with Gasteiger partial charge in [-0.3, -0.25) is 18.8 Å². The molecule has 3 aromatic rings. The van der Waals surface area contributed by atoms with Gasteiger partial charge < -0.3 is 15.0 Å². The van der Waals surface area contributed by atoms with Gasteiger partial charge in [0.15, 0.2) is 0 Å². The van der Waals surface area contributed by atoms with Crippen molar-refractivity contribution in [3.05, 3.63) is 53.7 Å². The van der Waals surface area contributed by atoms with Crippen molar-refractivity contribution in [2.24, 2.45) is 0 Å². The highest BCUT2D eigenvalue weighted by molar-refractivity contribution is 5.87. The molecule has 3 aromatic heterocycles. The number of methoxy groups -OCH3 is 1. The molecular formula is C20H23N7O3.